The van der Waals surface area contributed by atoms with Crippen molar-refractivity contribution in [2.75, 3.05) is 0 Å². The maximum Gasteiger partial charge on any atom is 0.160 e. The summed E-state index contributed by atoms with van der Waals surface area (Å²) in [5.41, 5.74) is 13.8. The predicted octanol–water partition coefficient (Wildman–Crippen LogP) is 14.5. The van der Waals surface area contributed by atoms with Gasteiger partial charge in [0.25, 0.3) is 0 Å². The van der Waals surface area contributed by atoms with Crippen LogP contribution in [-0.4, -0.2) is 14.5 Å². The van der Waals surface area contributed by atoms with Crippen LogP contribution in [0.15, 0.2) is 192 Å². The number of fused-ring (bicyclic) bond motifs is 9. The highest BCUT2D eigenvalue weighted by atomic mass is 32.1. The van der Waals surface area contributed by atoms with Crippen LogP contribution < -0.4 is 0 Å². The van der Waals surface area contributed by atoms with Crippen LogP contribution in [0.5, 0.6) is 0 Å². The van der Waals surface area contributed by atoms with Crippen molar-refractivity contribution in [1.82, 2.24) is 14.5 Å². The Balaban J connectivity index is 1.02. The molecule has 12 rings (SSSR count). The fourth-order valence-electron chi connectivity index (χ4n) is 8.48. The first-order valence-electron chi connectivity index (χ1n) is 19.1. The second kappa shape index (κ2) is 12.6. The van der Waals surface area contributed by atoms with Crippen LogP contribution in [0.3, 0.4) is 0 Å². The summed E-state index contributed by atoms with van der Waals surface area (Å²) in [6, 6.07) is 66.6. The molecule has 0 atom stereocenters. The lowest BCUT2D eigenvalue weighted by Crippen LogP contribution is -1.93. The van der Waals surface area contributed by atoms with Crippen LogP contribution >= 0.6 is 11.3 Å². The molecule has 5 heteroatoms. The van der Waals surface area contributed by atoms with Crippen LogP contribution in [-0.2, 0) is 0 Å². The van der Waals surface area contributed by atoms with E-state index >= 15 is 0 Å². The minimum Gasteiger partial charge on any atom is -0.456 e. The maximum absolute atomic E-state index is 6.44. The van der Waals surface area contributed by atoms with Crippen molar-refractivity contribution >= 4 is 75.4 Å². The first-order valence-corrected chi connectivity index (χ1v) is 20.0. The summed E-state index contributed by atoms with van der Waals surface area (Å²) in [6.45, 7) is 0. The molecule has 12 aromatic rings. The van der Waals surface area contributed by atoms with E-state index in [2.05, 4.69) is 187 Å². The van der Waals surface area contributed by atoms with Gasteiger partial charge in [0.15, 0.2) is 5.82 Å². The minimum atomic E-state index is 0.693. The summed E-state index contributed by atoms with van der Waals surface area (Å²) < 4.78 is 11.1. The number of aromatic nitrogens is 3. The zero-order chi connectivity index (χ0) is 37.5. The van der Waals surface area contributed by atoms with E-state index in [0.717, 1.165) is 71.2 Å². The lowest BCUT2D eigenvalue weighted by molar-refractivity contribution is 0.669. The third-order valence-electron chi connectivity index (χ3n) is 11.2. The topological polar surface area (TPSA) is 43.9 Å². The quantitative estimate of drug-likeness (QED) is 0.176. The Bertz CT molecular complexity index is 3510. The third-order valence-corrected chi connectivity index (χ3v) is 12.4. The molecule has 57 heavy (non-hydrogen) atoms. The normalized spacial score (nSPS) is 11.9. The zero-order valence-corrected chi connectivity index (χ0v) is 31.4. The average Bonchev–Trinajstić information content (AvgIpc) is 3.95. The van der Waals surface area contributed by atoms with Crippen molar-refractivity contribution in [2.24, 2.45) is 0 Å². The molecule has 4 heterocycles. The molecule has 0 fully saturated rings. The Labute approximate surface area is 331 Å². The van der Waals surface area contributed by atoms with Gasteiger partial charge in [-0.2, -0.15) is 0 Å². The van der Waals surface area contributed by atoms with E-state index < -0.39 is 0 Å². The lowest BCUT2D eigenvalue weighted by atomic mass is 10.00. The van der Waals surface area contributed by atoms with Gasteiger partial charge in [0.1, 0.15) is 11.2 Å². The molecule has 266 valence electrons. The summed E-state index contributed by atoms with van der Waals surface area (Å²) in [4.78, 5) is 10.6. The summed E-state index contributed by atoms with van der Waals surface area (Å²) in [5.74, 6) is 0.693. The summed E-state index contributed by atoms with van der Waals surface area (Å²) >= 11 is 1.76. The van der Waals surface area contributed by atoms with Gasteiger partial charge in [-0.25, -0.2) is 9.97 Å². The molecule has 0 aliphatic heterocycles. The Hall–Kier alpha value is -7.34. The molecule has 8 aromatic carbocycles. The van der Waals surface area contributed by atoms with E-state index in [1.54, 1.807) is 11.3 Å². The Morgan fingerprint density at radius 3 is 1.74 bits per heavy atom. The molecule has 0 aliphatic rings. The van der Waals surface area contributed by atoms with Crippen molar-refractivity contribution in [2.45, 2.75) is 0 Å². The van der Waals surface area contributed by atoms with Crippen LogP contribution in [0.1, 0.15) is 0 Å². The monoisotopic (exact) mass is 745 g/mol. The molecule has 0 radical (unpaired) electrons. The molecule has 0 unspecified atom stereocenters. The van der Waals surface area contributed by atoms with E-state index in [1.165, 1.54) is 37.6 Å². The molecular formula is C52H31N3OS. The summed E-state index contributed by atoms with van der Waals surface area (Å²) in [5, 5.41) is 5.70. The fraction of sp³-hybridized carbons (Fsp3) is 0. The standard InChI is InChI=1S/C52H31N3OS/c1-4-12-32(13-5-1)34-23-27-48-43(30-34)50-51(57-48)49(33-14-6-2-7-15-33)53-52(54-50)37-22-26-47-42(31-37)41-29-36(21-25-46(41)56-47)35-20-24-45-40(28-35)39-18-10-11-19-44(39)55(45)38-16-8-3-9-17-38/h1-31H. The Morgan fingerprint density at radius 2 is 0.965 bits per heavy atom. The predicted molar refractivity (Wildman–Crippen MR) is 238 cm³/mol. The van der Waals surface area contributed by atoms with E-state index in [4.69, 9.17) is 14.4 Å². The number of rotatable bonds is 5. The van der Waals surface area contributed by atoms with Crippen molar-refractivity contribution in [3.8, 4) is 50.6 Å². The van der Waals surface area contributed by atoms with E-state index in [9.17, 15) is 0 Å². The van der Waals surface area contributed by atoms with Gasteiger partial charge in [0.05, 0.1) is 26.9 Å². The smallest absolute Gasteiger partial charge is 0.160 e. The number of hydrogen-bond donors (Lipinski definition) is 0. The number of furan rings is 1. The third kappa shape index (κ3) is 5.13. The van der Waals surface area contributed by atoms with Crippen molar-refractivity contribution < 1.29 is 4.42 Å². The van der Waals surface area contributed by atoms with Crippen LogP contribution in [0.4, 0.5) is 0 Å². The number of para-hydroxylation sites is 2. The highest BCUT2D eigenvalue weighted by molar-refractivity contribution is 7.26. The van der Waals surface area contributed by atoms with Crippen molar-refractivity contribution in [1.29, 1.82) is 0 Å². The molecule has 0 N–H and O–H groups in total. The molecule has 0 bridgehead atoms. The molecule has 0 aliphatic carbocycles. The van der Waals surface area contributed by atoms with Crippen molar-refractivity contribution in [3.05, 3.63) is 188 Å². The fourth-order valence-corrected chi connectivity index (χ4v) is 9.61. The maximum atomic E-state index is 6.44. The zero-order valence-electron chi connectivity index (χ0n) is 30.6. The Morgan fingerprint density at radius 1 is 0.404 bits per heavy atom. The number of benzene rings is 8. The lowest BCUT2D eigenvalue weighted by Gasteiger charge is -2.08. The molecule has 0 saturated heterocycles. The van der Waals surface area contributed by atoms with Gasteiger partial charge >= 0.3 is 0 Å². The van der Waals surface area contributed by atoms with Gasteiger partial charge in [0, 0.05) is 48.4 Å². The van der Waals surface area contributed by atoms with Crippen LogP contribution in [0.2, 0.25) is 0 Å². The molecular weight excluding hydrogens is 715 g/mol. The van der Waals surface area contributed by atoms with Gasteiger partial charge in [0.2, 0.25) is 0 Å². The molecule has 4 nitrogen and oxygen atoms in total. The SMILES string of the molecule is c1ccc(-c2ccc3sc4c(-c5ccccc5)nc(-c5ccc6oc7ccc(-c8ccc9c(c8)c8ccccc8n9-c8ccccc8)cc7c6c5)nc4c3c2)cc1. The number of nitrogens with zero attached hydrogens (tertiary/aromatic N) is 3. The first kappa shape index (κ1) is 32.0. The highest BCUT2D eigenvalue weighted by Gasteiger charge is 2.19. The molecule has 0 amide bonds. The average molecular weight is 746 g/mol. The second-order valence-corrected chi connectivity index (χ2v) is 15.6. The number of thiophene rings is 1. The largest absolute Gasteiger partial charge is 0.456 e. The number of hydrogen-bond acceptors (Lipinski definition) is 4. The van der Waals surface area contributed by atoms with Gasteiger partial charge in [-0.15, -0.1) is 11.3 Å². The molecule has 0 saturated carbocycles. The van der Waals surface area contributed by atoms with Gasteiger partial charge in [-0.3, -0.25) is 0 Å². The first-order chi connectivity index (χ1) is 28.2. The van der Waals surface area contributed by atoms with Gasteiger partial charge in [-0.1, -0.05) is 115 Å². The molecule has 4 aromatic heterocycles. The Kier molecular flexibility index (Phi) is 7.06. The van der Waals surface area contributed by atoms with Crippen molar-refractivity contribution in [3.63, 3.8) is 0 Å². The molecule has 0 spiro atoms. The summed E-state index contributed by atoms with van der Waals surface area (Å²) in [6.07, 6.45) is 0. The summed E-state index contributed by atoms with van der Waals surface area (Å²) in [7, 11) is 0. The highest BCUT2D eigenvalue weighted by Crippen LogP contribution is 2.42. The van der Waals surface area contributed by atoms with E-state index in [0.29, 0.717) is 5.82 Å². The van der Waals surface area contributed by atoms with E-state index in [1.807, 2.05) is 6.07 Å². The second-order valence-electron chi connectivity index (χ2n) is 14.6. The van der Waals surface area contributed by atoms with E-state index in [-0.39, 0.29) is 0 Å². The minimum absolute atomic E-state index is 0.693. The van der Waals surface area contributed by atoms with Crippen LogP contribution in [0.25, 0.3) is 115 Å². The van der Waals surface area contributed by atoms with Gasteiger partial charge < -0.3 is 8.98 Å². The van der Waals surface area contributed by atoms with Crippen LogP contribution in [0, 0.1) is 0 Å². The van der Waals surface area contributed by atoms with Gasteiger partial charge in [-0.05, 0) is 95.1 Å².